The molecule has 7 nitrogen and oxygen atoms in total. The molecule has 0 fully saturated rings. The van der Waals surface area contributed by atoms with Gasteiger partial charge < -0.3 is 5.11 Å². The molecule has 0 radical (unpaired) electrons. The zero-order valence-electron chi connectivity index (χ0n) is 12.1. The first-order valence-corrected chi connectivity index (χ1v) is 7.61. The molecule has 0 aliphatic rings. The fourth-order valence-electron chi connectivity index (χ4n) is 1.85. The highest BCUT2D eigenvalue weighted by molar-refractivity contribution is 7.13. The molecule has 0 aliphatic heterocycles. The van der Waals surface area contributed by atoms with E-state index < -0.39 is 5.97 Å². The molecule has 0 saturated heterocycles. The van der Waals surface area contributed by atoms with Crippen molar-refractivity contribution in [2.24, 2.45) is 0 Å². The molecule has 3 rings (SSSR count). The zero-order chi connectivity index (χ0) is 16.9. The number of rotatable bonds is 4. The Morgan fingerprint density at radius 1 is 1.21 bits per heavy atom. The molecule has 0 saturated carbocycles. The van der Waals surface area contributed by atoms with Gasteiger partial charge in [0.25, 0.3) is 0 Å². The summed E-state index contributed by atoms with van der Waals surface area (Å²) in [7, 11) is 0. The quantitative estimate of drug-likeness (QED) is 0.780. The Labute approximate surface area is 140 Å². The summed E-state index contributed by atoms with van der Waals surface area (Å²) in [4.78, 5) is 27.6. The van der Waals surface area contributed by atoms with E-state index in [1.807, 2.05) is 11.4 Å². The SMILES string of the molecule is N#Cc1ccc(C(=O)O)nc1C=Cc1csc(-c2ncccn2)n1. The summed E-state index contributed by atoms with van der Waals surface area (Å²) in [6, 6.07) is 6.44. The van der Waals surface area contributed by atoms with Crippen molar-refractivity contribution in [3.63, 3.8) is 0 Å². The average Bonchev–Trinajstić information content (AvgIpc) is 3.09. The van der Waals surface area contributed by atoms with Crippen LogP contribution in [0.1, 0.15) is 27.4 Å². The van der Waals surface area contributed by atoms with E-state index in [9.17, 15) is 4.79 Å². The number of carboxylic acid groups (broad SMARTS) is 1. The summed E-state index contributed by atoms with van der Waals surface area (Å²) >= 11 is 1.39. The van der Waals surface area contributed by atoms with Gasteiger partial charge in [-0.1, -0.05) is 0 Å². The number of carbonyl (C=O) groups is 1. The summed E-state index contributed by atoms with van der Waals surface area (Å²) in [5.74, 6) is -0.614. The second kappa shape index (κ2) is 6.76. The van der Waals surface area contributed by atoms with Crippen LogP contribution in [0.25, 0.3) is 23.0 Å². The molecule has 0 aliphatic carbocycles. The number of hydrogen-bond acceptors (Lipinski definition) is 7. The minimum Gasteiger partial charge on any atom is -0.477 e. The van der Waals surface area contributed by atoms with E-state index in [4.69, 9.17) is 10.4 Å². The van der Waals surface area contributed by atoms with E-state index in [0.29, 0.717) is 16.5 Å². The molecular formula is C16H9N5O2S. The van der Waals surface area contributed by atoms with Crippen LogP contribution in [0.2, 0.25) is 0 Å². The van der Waals surface area contributed by atoms with Gasteiger partial charge >= 0.3 is 5.97 Å². The average molecular weight is 335 g/mol. The van der Waals surface area contributed by atoms with Crippen molar-refractivity contribution in [1.82, 2.24) is 19.9 Å². The third-order valence-corrected chi connectivity index (χ3v) is 3.81. The van der Waals surface area contributed by atoms with Crippen LogP contribution in [0.3, 0.4) is 0 Å². The van der Waals surface area contributed by atoms with Crippen LogP contribution in [-0.4, -0.2) is 31.0 Å². The Balaban J connectivity index is 1.89. The predicted octanol–water partition coefficient (Wildman–Crippen LogP) is 2.74. The van der Waals surface area contributed by atoms with Gasteiger partial charge in [0, 0.05) is 17.8 Å². The third-order valence-electron chi connectivity index (χ3n) is 2.96. The van der Waals surface area contributed by atoms with Gasteiger partial charge in [-0.05, 0) is 30.4 Å². The summed E-state index contributed by atoms with van der Waals surface area (Å²) in [5, 5.41) is 20.6. The molecule has 0 aromatic carbocycles. The molecule has 0 atom stereocenters. The normalized spacial score (nSPS) is 10.6. The smallest absolute Gasteiger partial charge is 0.354 e. The van der Waals surface area contributed by atoms with Crippen LogP contribution in [0.4, 0.5) is 0 Å². The lowest BCUT2D eigenvalue weighted by molar-refractivity contribution is 0.0690. The molecule has 0 bridgehead atoms. The van der Waals surface area contributed by atoms with Crippen molar-refractivity contribution in [3.8, 4) is 16.9 Å². The molecular weight excluding hydrogens is 326 g/mol. The maximum absolute atomic E-state index is 11.0. The second-order valence-electron chi connectivity index (χ2n) is 4.53. The number of hydrogen-bond donors (Lipinski definition) is 1. The molecule has 0 amide bonds. The van der Waals surface area contributed by atoms with Crippen LogP contribution in [0.5, 0.6) is 0 Å². The number of aromatic carboxylic acids is 1. The number of nitriles is 1. The van der Waals surface area contributed by atoms with Gasteiger partial charge in [-0.25, -0.2) is 24.7 Å². The summed E-state index contributed by atoms with van der Waals surface area (Å²) in [6.45, 7) is 0. The highest BCUT2D eigenvalue weighted by atomic mass is 32.1. The fourth-order valence-corrected chi connectivity index (χ4v) is 2.59. The molecule has 3 aromatic rings. The predicted molar refractivity (Wildman–Crippen MR) is 88.0 cm³/mol. The van der Waals surface area contributed by atoms with Crippen LogP contribution < -0.4 is 0 Å². The van der Waals surface area contributed by atoms with Crippen molar-refractivity contribution >= 4 is 29.5 Å². The summed E-state index contributed by atoms with van der Waals surface area (Å²) in [5.41, 5.74) is 1.10. The summed E-state index contributed by atoms with van der Waals surface area (Å²) in [6.07, 6.45) is 6.51. The molecule has 1 N–H and O–H groups in total. The van der Waals surface area contributed by atoms with Gasteiger partial charge in [0.15, 0.2) is 10.8 Å². The first-order chi connectivity index (χ1) is 11.7. The van der Waals surface area contributed by atoms with Gasteiger partial charge in [0.05, 0.1) is 17.0 Å². The van der Waals surface area contributed by atoms with Gasteiger partial charge in [-0.2, -0.15) is 5.26 Å². The standard InChI is InChI=1S/C16H9N5O2S/c17-8-10-2-4-13(16(22)23)21-12(10)5-3-11-9-24-15(20-11)14-18-6-1-7-19-14/h1-7,9H,(H,22,23). The fraction of sp³-hybridized carbons (Fsp3) is 0. The Bertz CT molecular complexity index is 960. The minimum atomic E-state index is -1.15. The highest BCUT2D eigenvalue weighted by Gasteiger charge is 2.09. The van der Waals surface area contributed by atoms with Crippen molar-refractivity contribution in [1.29, 1.82) is 5.26 Å². The Hall–Kier alpha value is -3.44. The maximum Gasteiger partial charge on any atom is 0.354 e. The van der Waals surface area contributed by atoms with Crippen molar-refractivity contribution < 1.29 is 9.90 Å². The summed E-state index contributed by atoms with van der Waals surface area (Å²) < 4.78 is 0. The zero-order valence-corrected chi connectivity index (χ0v) is 12.9. The first-order valence-electron chi connectivity index (χ1n) is 6.73. The van der Waals surface area contributed by atoms with Crippen molar-refractivity contribution in [3.05, 3.63) is 58.6 Å². The van der Waals surface area contributed by atoms with E-state index in [1.165, 1.54) is 23.5 Å². The Morgan fingerprint density at radius 2 is 2.00 bits per heavy atom. The van der Waals surface area contributed by atoms with Crippen LogP contribution in [-0.2, 0) is 0 Å². The highest BCUT2D eigenvalue weighted by Crippen LogP contribution is 2.21. The van der Waals surface area contributed by atoms with E-state index in [2.05, 4.69) is 19.9 Å². The van der Waals surface area contributed by atoms with Crippen molar-refractivity contribution in [2.45, 2.75) is 0 Å². The molecule has 0 unspecified atom stereocenters. The Morgan fingerprint density at radius 3 is 2.71 bits per heavy atom. The minimum absolute atomic E-state index is 0.120. The lowest BCUT2D eigenvalue weighted by atomic mass is 10.1. The topological polar surface area (TPSA) is 113 Å². The third kappa shape index (κ3) is 3.31. The van der Waals surface area contributed by atoms with E-state index in [1.54, 1.807) is 30.6 Å². The first kappa shape index (κ1) is 15.5. The Kier molecular flexibility index (Phi) is 4.36. The van der Waals surface area contributed by atoms with E-state index >= 15 is 0 Å². The van der Waals surface area contributed by atoms with Gasteiger partial charge in [0.1, 0.15) is 11.8 Å². The molecule has 3 aromatic heterocycles. The molecule has 116 valence electrons. The van der Waals surface area contributed by atoms with E-state index in [0.717, 1.165) is 0 Å². The van der Waals surface area contributed by atoms with Gasteiger partial charge in [-0.3, -0.25) is 0 Å². The van der Waals surface area contributed by atoms with Crippen LogP contribution in [0, 0.1) is 11.3 Å². The van der Waals surface area contributed by atoms with E-state index in [-0.39, 0.29) is 17.0 Å². The van der Waals surface area contributed by atoms with Crippen molar-refractivity contribution in [2.75, 3.05) is 0 Å². The number of aromatic nitrogens is 4. The second-order valence-corrected chi connectivity index (χ2v) is 5.39. The molecule has 24 heavy (non-hydrogen) atoms. The molecule has 3 heterocycles. The monoisotopic (exact) mass is 335 g/mol. The maximum atomic E-state index is 11.0. The van der Waals surface area contributed by atoms with Crippen LogP contribution in [0.15, 0.2) is 36.0 Å². The molecule has 0 spiro atoms. The number of nitrogens with zero attached hydrogens (tertiary/aromatic N) is 5. The molecule has 8 heteroatoms. The lowest BCUT2D eigenvalue weighted by Gasteiger charge is -1.99. The largest absolute Gasteiger partial charge is 0.477 e. The van der Waals surface area contributed by atoms with Gasteiger partial charge in [-0.15, -0.1) is 11.3 Å². The number of pyridine rings is 1. The number of thiazole rings is 1. The van der Waals surface area contributed by atoms with Crippen LogP contribution >= 0.6 is 11.3 Å². The number of carboxylic acids is 1. The lowest BCUT2D eigenvalue weighted by Crippen LogP contribution is -2.02. The van der Waals surface area contributed by atoms with Gasteiger partial charge in [0.2, 0.25) is 0 Å².